The van der Waals surface area contributed by atoms with Gasteiger partial charge in [0.2, 0.25) is 17.8 Å². The van der Waals surface area contributed by atoms with Gasteiger partial charge >= 0.3 is 0 Å². The Morgan fingerprint density at radius 1 is 1.00 bits per heavy atom. The van der Waals surface area contributed by atoms with E-state index >= 15 is 0 Å². The molecule has 1 aliphatic heterocycles. The number of likely N-dealkylation sites (tertiary alicyclic amines) is 1. The van der Waals surface area contributed by atoms with E-state index in [-0.39, 0.29) is 16.7 Å². The largest absolute Gasteiger partial charge is 0.495 e. The van der Waals surface area contributed by atoms with Gasteiger partial charge in [-0.25, -0.2) is 8.42 Å². The van der Waals surface area contributed by atoms with Crippen LogP contribution in [0, 0.1) is 18.8 Å². The number of para-hydroxylation sites is 1. The van der Waals surface area contributed by atoms with Crippen LogP contribution in [0.1, 0.15) is 70.9 Å². The number of nitrogens with zero attached hydrogens (tertiary/aromatic N) is 5. The minimum atomic E-state index is -3.56. The van der Waals surface area contributed by atoms with Crippen molar-refractivity contribution in [3.8, 4) is 5.75 Å². The molecule has 1 atom stereocenters. The fraction of sp³-hybridized carbons (Fsp3) is 0.471. The van der Waals surface area contributed by atoms with E-state index in [1.807, 2.05) is 17.9 Å². The van der Waals surface area contributed by atoms with Gasteiger partial charge in [0.05, 0.1) is 34.8 Å². The molecule has 2 aromatic carbocycles. The van der Waals surface area contributed by atoms with Gasteiger partial charge in [-0.1, -0.05) is 32.9 Å². The monoisotopic (exact) mass is 647 g/mol. The van der Waals surface area contributed by atoms with Gasteiger partial charge in [-0.05, 0) is 87.3 Å². The molecule has 1 amide bonds. The Morgan fingerprint density at radius 2 is 1.72 bits per heavy atom. The van der Waals surface area contributed by atoms with Crippen LogP contribution in [0.15, 0.2) is 53.6 Å². The first-order valence-corrected chi connectivity index (χ1v) is 17.5. The molecular weight excluding hydrogens is 602 g/mol. The number of anilines is 4. The molecule has 0 radical (unpaired) electrons. The van der Waals surface area contributed by atoms with Crippen molar-refractivity contribution in [2.45, 2.75) is 76.9 Å². The van der Waals surface area contributed by atoms with Crippen LogP contribution in [-0.4, -0.2) is 64.3 Å². The Bertz CT molecular complexity index is 1810. The normalized spacial score (nSPS) is 15.0. The van der Waals surface area contributed by atoms with Gasteiger partial charge in [0, 0.05) is 25.1 Å². The van der Waals surface area contributed by atoms with Crippen LogP contribution in [0.3, 0.4) is 0 Å². The molecule has 2 aromatic heterocycles. The number of hydrogen-bond donors (Lipinski definition) is 2. The first-order valence-electron chi connectivity index (χ1n) is 15.9. The number of hydrogen-bond acceptors (Lipinski definition) is 9. The number of fused-ring (bicyclic) bond motifs is 1. The molecule has 12 heteroatoms. The zero-order valence-electron chi connectivity index (χ0n) is 27.7. The van der Waals surface area contributed by atoms with Gasteiger partial charge in [-0.3, -0.25) is 4.79 Å². The van der Waals surface area contributed by atoms with Crippen molar-refractivity contribution >= 4 is 44.7 Å². The number of nitrogens with one attached hydrogen (secondary N) is 2. The lowest BCUT2D eigenvalue weighted by Gasteiger charge is -2.35. The van der Waals surface area contributed by atoms with E-state index < -0.39 is 15.1 Å². The fourth-order valence-corrected chi connectivity index (χ4v) is 7.42. The molecule has 5 rings (SSSR count). The molecule has 0 aliphatic carbocycles. The number of benzene rings is 2. The third-order valence-corrected chi connectivity index (χ3v) is 10.9. The summed E-state index contributed by atoms with van der Waals surface area (Å²) in [7, 11) is -1.92. The molecule has 4 aromatic rings. The summed E-state index contributed by atoms with van der Waals surface area (Å²) in [6.45, 7) is 13.3. The molecule has 1 fully saturated rings. The summed E-state index contributed by atoms with van der Waals surface area (Å²) in [5.41, 5.74) is 3.95. The Morgan fingerprint density at radius 3 is 2.39 bits per heavy atom. The SMILES string of the molecule is COc1cc(C2CCN(C(=O)[C@H](C)CC(C)C)CC2)c(C)cc1Nc1nc(Nc2ccccc2S(=O)(=O)C(C)C)n2nccc2n1. The number of ether oxygens (including phenoxy) is 1. The maximum absolute atomic E-state index is 13.1. The maximum Gasteiger partial charge on any atom is 0.233 e. The summed E-state index contributed by atoms with van der Waals surface area (Å²) in [6, 6.07) is 12.6. The number of amides is 1. The first-order chi connectivity index (χ1) is 21.9. The van der Waals surface area contributed by atoms with Crippen molar-refractivity contribution in [1.29, 1.82) is 0 Å². The zero-order valence-corrected chi connectivity index (χ0v) is 28.6. The van der Waals surface area contributed by atoms with Crippen molar-refractivity contribution in [2.24, 2.45) is 11.8 Å². The summed E-state index contributed by atoms with van der Waals surface area (Å²) in [6.07, 6.45) is 4.33. The highest BCUT2D eigenvalue weighted by Crippen LogP contribution is 2.38. The van der Waals surface area contributed by atoms with Crippen molar-refractivity contribution in [3.05, 3.63) is 59.8 Å². The minimum Gasteiger partial charge on any atom is -0.495 e. The van der Waals surface area contributed by atoms with Crippen LogP contribution < -0.4 is 15.4 Å². The second-order valence-electron chi connectivity index (χ2n) is 12.9. The standard InChI is InChI=1S/C34H45N7O4S/c1-21(2)18-24(6)32(42)40-16-13-25(14-17-40)26-20-29(45-7)28(19-23(26)5)36-33-38-31-12-15-35-41(31)34(39-33)37-27-10-8-9-11-30(27)46(43,44)22(3)4/h8-12,15,19-22,24-25H,13-14,16-18H2,1-7H3,(H2,36,37,38,39)/t24-/m1/s1. The third kappa shape index (κ3) is 6.96. The van der Waals surface area contributed by atoms with Crippen LogP contribution >= 0.6 is 0 Å². The molecule has 0 spiro atoms. The molecule has 46 heavy (non-hydrogen) atoms. The molecule has 3 heterocycles. The lowest BCUT2D eigenvalue weighted by atomic mass is 9.85. The van der Waals surface area contributed by atoms with E-state index in [1.165, 1.54) is 10.1 Å². The molecule has 1 aliphatic rings. The van der Waals surface area contributed by atoms with Gasteiger partial charge in [-0.15, -0.1) is 0 Å². The first kappa shape index (κ1) is 33.2. The molecule has 2 N–H and O–H groups in total. The number of carbonyl (C=O) groups excluding carboxylic acids is 1. The molecule has 0 unspecified atom stereocenters. The quantitative estimate of drug-likeness (QED) is 0.187. The minimum absolute atomic E-state index is 0.0475. The number of methoxy groups -OCH3 is 1. The predicted molar refractivity (Wildman–Crippen MR) is 181 cm³/mol. The van der Waals surface area contributed by atoms with Crippen LogP contribution in [-0.2, 0) is 14.6 Å². The third-order valence-electron chi connectivity index (χ3n) is 8.64. The average Bonchev–Trinajstić information content (AvgIpc) is 3.50. The lowest BCUT2D eigenvalue weighted by Crippen LogP contribution is -2.41. The van der Waals surface area contributed by atoms with Crippen LogP contribution in [0.2, 0.25) is 0 Å². The van der Waals surface area contributed by atoms with E-state index in [2.05, 4.69) is 52.5 Å². The molecule has 246 valence electrons. The molecule has 0 saturated carbocycles. The van der Waals surface area contributed by atoms with Crippen molar-refractivity contribution in [2.75, 3.05) is 30.8 Å². The maximum atomic E-state index is 13.1. The van der Waals surface area contributed by atoms with Crippen LogP contribution in [0.25, 0.3) is 5.65 Å². The Kier molecular flexibility index (Phi) is 9.85. The Balaban J connectivity index is 1.38. The number of aromatic nitrogens is 4. The van der Waals surface area contributed by atoms with Crippen LogP contribution in [0.4, 0.5) is 23.3 Å². The number of rotatable bonds is 11. The lowest BCUT2D eigenvalue weighted by molar-refractivity contribution is -0.136. The van der Waals surface area contributed by atoms with Gasteiger partial charge in [0.1, 0.15) is 5.75 Å². The van der Waals surface area contributed by atoms with Crippen molar-refractivity contribution in [1.82, 2.24) is 24.5 Å². The molecule has 1 saturated heterocycles. The van der Waals surface area contributed by atoms with E-state index in [4.69, 9.17) is 4.74 Å². The smallest absolute Gasteiger partial charge is 0.233 e. The summed E-state index contributed by atoms with van der Waals surface area (Å²) in [5, 5.41) is 10.2. The Hall–Kier alpha value is -4.19. The van der Waals surface area contributed by atoms with Gasteiger partial charge in [0.15, 0.2) is 15.5 Å². The summed E-state index contributed by atoms with van der Waals surface area (Å²) < 4.78 is 33.5. The predicted octanol–water partition coefficient (Wildman–Crippen LogP) is 6.50. The fourth-order valence-electron chi connectivity index (χ4n) is 6.22. The number of sulfone groups is 1. The number of aryl methyl sites for hydroxylation is 1. The van der Waals surface area contributed by atoms with Gasteiger partial charge < -0.3 is 20.3 Å². The number of carbonyl (C=O) groups is 1. The van der Waals surface area contributed by atoms with E-state index in [0.29, 0.717) is 46.5 Å². The Labute approximate surface area is 271 Å². The summed E-state index contributed by atoms with van der Waals surface area (Å²) in [5.74, 6) is 2.39. The summed E-state index contributed by atoms with van der Waals surface area (Å²) in [4.78, 5) is 24.5. The highest BCUT2D eigenvalue weighted by atomic mass is 32.2. The molecule has 11 nitrogen and oxygen atoms in total. The molecule has 0 bridgehead atoms. The zero-order chi connectivity index (χ0) is 33.2. The van der Waals surface area contributed by atoms with E-state index in [9.17, 15) is 13.2 Å². The second-order valence-corrected chi connectivity index (χ2v) is 15.3. The second kappa shape index (κ2) is 13.7. The average molecular weight is 648 g/mol. The highest BCUT2D eigenvalue weighted by Gasteiger charge is 2.29. The highest BCUT2D eigenvalue weighted by molar-refractivity contribution is 7.92. The molecular formula is C34H45N7O4S. The van der Waals surface area contributed by atoms with Gasteiger partial charge in [-0.2, -0.15) is 19.6 Å². The van der Waals surface area contributed by atoms with Crippen molar-refractivity contribution < 1.29 is 17.9 Å². The summed E-state index contributed by atoms with van der Waals surface area (Å²) >= 11 is 0. The topological polar surface area (TPSA) is 131 Å². The van der Waals surface area contributed by atoms with Crippen molar-refractivity contribution in [3.63, 3.8) is 0 Å². The van der Waals surface area contributed by atoms with Crippen LogP contribution in [0.5, 0.6) is 5.75 Å². The van der Waals surface area contributed by atoms with Gasteiger partial charge in [0.25, 0.3) is 0 Å². The number of piperidine rings is 1. The van der Waals surface area contributed by atoms with E-state index in [1.54, 1.807) is 57.5 Å². The van der Waals surface area contributed by atoms with E-state index in [0.717, 1.165) is 37.9 Å².